The van der Waals surface area contributed by atoms with E-state index in [1.807, 2.05) is 0 Å². The molecule has 16 heavy (non-hydrogen) atoms. The van der Waals surface area contributed by atoms with Gasteiger partial charge < -0.3 is 10.1 Å². The van der Waals surface area contributed by atoms with Gasteiger partial charge in [-0.15, -0.1) is 11.3 Å². The van der Waals surface area contributed by atoms with Crippen molar-refractivity contribution in [3.05, 3.63) is 20.8 Å². The Hall–Kier alpha value is 0.0600. The molecule has 0 bridgehead atoms. The first-order valence-electron chi connectivity index (χ1n) is 5.49. The average molecular weight is 305 g/mol. The van der Waals surface area contributed by atoms with Gasteiger partial charge in [-0.2, -0.15) is 0 Å². The summed E-state index contributed by atoms with van der Waals surface area (Å²) in [6, 6.07) is 4.28. The van der Waals surface area contributed by atoms with Gasteiger partial charge in [-0.25, -0.2) is 0 Å². The van der Waals surface area contributed by atoms with Gasteiger partial charge in [0.05, 0.1) is 16.5 Å². The van der Waals surface area contributed by atoms with Crippen LogP contribution in [0.25, 0.3) is 0 Å². The third kappa shape index (κ3) is 3.82. The fraction of sp³-hybridized carbons (Fsp3) is 0.636. The van der Waals surface area contributed by atoms with E-state index in [0.29, 0.717) is 6.10 Å². The molecule has 1 unspecified atom stereocenters. The van der Waals surface area contributed by atoms with Crippen molar-refractivity contribution >= 4 is 27.3 Å². The van der Waals surface area contributed by atoms with Gasteiger partial charge in [-0.3, -0.25) is 4.90 Å². The predicted octanol–water partition coefficient (Wildman–Crippen LogP) is 1.93. The number of thiophene rings is 1. The number of halogens is 1. The van der Waals surface area contributed by atoms with Gasteiger partial charge in [0.2, 0.25) is 0 Å². The summed E-state index contributed by atoms with van der Waals surface area (Å²) in [6.45, 7) is 4.78. The zero-order valence-electron chi connectivity index (χ0n) is 9.41. The number of likely N-dealkylation sites (N-methyl/N-ethyl adjacent to an activating group) is 1. The monoisotopic (exact) mass is 304 g/mol. The summed E-state index contributed by atoms with van der Waals surface area (Å²) >= 11 is 5.28. The van der Waals surface area contributed by atoms with E-state index in [1.54, 1.807) is 11.3 Å². The van der Waals surface area contributed by atoms with Crippen LogP contribution in [0.5, 0.6) is 0 Å². The van der Waals surface area contributed by atoms with E-state index in [-0.39, 0.29) is 0 Å². The topological polar surface area (TPSA) is 24.5 Å². The summed E-state index contributed by atoms with van der Waals surface area (Å²) in [6.07, 6.45) is 0.335. The molecular weight excluding hydrogens is 288 g/mol. The summed E-state index contributed by atoms with van der Waals surface area (Å²) in [7, 11) is 2.14. The van der Waals surface area contributed by atoms with Crippen molar-refractivity contribution in [2.75, 3.05) is 33.3 Å². The molecule has 1 fully saturated rings. The van der Waals surface area contributed by atoms with Crippen molar-refractivity contribution in [2.45, 2.75) is 12.6 Å². The fourth-order valence-electron chi connectivity index (χ4n) is 1.85. The number of nitrogens with zero attached hydrogens (tertiary/aromatic N) is 1. The molecule has 1 saturated heterocycles. The lowest BCUT2D eigenvalue weighted by atomic mass is 10.3. The normalized spacial score (nSPS) is 21.6. The smallest absolute Gasteiger partial charge is 0.0826 e. The number of ether oxygens (including phenoxy) is 1. The van der Waals surface area contributed by atoms with Gasteiger partial charge in [0.15, 0.2) is 0 Å². The molecule has 5 heteroatoms. The maximum Gasteiger partial charge on any atom is 0.0826 e. The van der Waals surface area contributed by atoms with Crippen LogP contribution in [0, 0.1) is 0 Å². The third-order valence-electron chi connectivity index (χ3n) is 2.57. The van der Waals surface area contributed by atoms with Crippen molar-refractivity contribution < 1.29 is 4.74 Å². The molecular formula is C11H17BrN2OS. The lowest BCUT2D eigenvalue weighted by Gasteiger charge is -2.27. The summed E-state index contributed by atoms with van der Waals surface area (Å²) in [5.74, 6) is 0. The zero-order chi connectivity index (χ0) is 11.4. The quantitative estimate of drug-likeness (QED) is 0.920. The maximum atomic E-state index is 5.68. The van der Waals surface area contributed by atoms with E-state index in [2.05, 4.69) is 45.3 Å². The molecule has 0 amide bonds. The minimum Gasteiger partial charge on any atom is -0.374 e. The molecule has 0 aromatic carbocycles. The van der Waals surface area contributed by atoms with Crippen molar-refractivity contribution in [3.8, 4) is 0 Å². The molecule has 2 rings (SSSR count). The molecule has 3 nitrogen and oxygen atoms in total. The first kappa shape index (κ1) is 12.5. The summed E-state index contributed by atoms with van der Waals surface area (Å²) in [4.78, 5) is 3.70. The second-order valence-electron chi connectivity index (χ2n) is 4.10. The zero-order valence-corrected chi connectivity index (χ0v) is 11.8. The Labute approximate surface area is 109 Å². The predicted molar refractivity (Wildman–Crippen MR) is 71.0 cm³/mol. The molecule has 1 aromatic heterocycles. The van der Waals surface area contributed by atoms with Crippen LogP contribution < -0.4 is 5.32 Å². The minimum absolute atomic E-state index is 0.335. The summed E-state index contributed by atoms with van der Waals surface area (Å²) < 4.78 is 6.88. The van der Waals surface area contributed by atoms with Crippen LogP contribution in [0.2, 0.25) is 0 Å². The second kappa shape index (κ2) is 6.12. The van der Waals surface area contributed by atoms with Crippen molar-refractivity contribution in [2.24, 2.45) is 0 Å². The van der Waals surface area contributed by atoms with Crippen molar-refractivity contribution in [1.29, 1.82) is 0 Å². The van der Waals surface area contributed by atoms with Crippen LogP contribution in [-0.4, -0.2) is 44.3 Å². The molecule has 1 aromatic rings. The van der Waals surface area contributed by atoms with Crippen LogP contribution in [0.3, 0.4) is 0 Å². The number of hydrogen-bond donors (Lipinski definition) is 1. The van der Waals surface area contributed by atoms with E-state index >= 15 is 0 Å². The SMILES string of the molecule is CN(Cc1ccc(Br)s1)CC1CNCCO1. The van der Waals surface area contributed by atoms with Gasteiger partial charge in [0, 0.05) is 31.1 Å². The Morgan fingerprint density at radius 2 is 2.50 bits per heavy atom. The van der Waals surface area contributed by atoms with Gasteiger partial charge in [0.1, 0.15) is 0 Å². The first-order chi connectivity index (χ1) is 7.74. The van der Waals surface area contributed by atoms with Crippen LogP contribution in [0.4, 0.5) is 0 Å². The Bertz CT molecular complexity index is 326. The van der Waals surface area contributed by atoms with Gasteiger partial charge in [-0.1, -0.05) is 0 Å². The molecule has 0 spiro atoms. The minimum atomic E-state index is 0.335. The largest absolute Gasteiger partial charge is 0.374 e. The molecule has 0 aliphatic carbocycles. The first-order valence-corrected chi connectivity index (χ1v) is 7.10. The standard InChI is InChI=1S/C11H17BrN2OS/c1-14(7-9-6-13-4-5-15-9)8-10-2-3-11(12)16-10/h2-3,9,13H,4-8H2,1H3. The van der Waals surface area contributed by atoms with E-state index in [9.17, 15) is 0 Å². The van der Waals surface area contributed by atoms with E-state index in [1.165, 1.54) is 8.66 Å². The van der Waals surface area contributed by atoms with Crippen LogP contribution in [-0.2, 0) is 11.3 Å². The third-order valence-corrected chi connectivity index (χ3v) is 4.18. The Morgan fingerprint density at radius 1 is 1.62 bits per heavy atom. The van der Waals surface area contributed by atoms with Crippen LogP contribution in [0.15, 0.2) is 15.9 Å². The van der Waals surface area contributed by atoms with Crippen LogP contribution >= 0.6 is 27.3 Å². The Balaban J connectivity index is 1.77. The van der Waals surface area contributed by atoms with Gasteiger partial charge in [-0.05, 0) is 35.1 Å². The molecule has 2 heterocycles. The molecule has 0 saturated carbocycles. The van der Waals surface area contributed by atoms with Gasteiger partial charge in [0.25, 0.3) is 0 Å². The van der Waals surface area contributed by atoms with E-state index in [4.69, 9.17) is 4.74 Å². The Morgan fingerprint density at radius 3 is 3.12 bits per heavy atom. The summed E-state index contributed by atoms with van der Waals surface area (Å²) in [5, 5.41) is 3.35. The van der Waals surface area contributed by atoms with Crippen molar-refractivity contribution in [3.63, 3.8) is 0 Å². The number of hydrogen-bond acceptors (Lipinski definition) is 4. The molecule has 1 atom stereocenters. The van der Waals surface area contributed by atoms with Gasteiger partial charge >= 0.3 is 0 Å². The maximum absolute atomic E-state index is 5.68. The lowest BCUT2D eigenvalue weighted by molar-refractivity contribution is 0.00899. The highest BCUT2D eigenvalue weighted by Gasteiger charge is 2.15. The molecule has 90 valence electrons. The van der Waals surface area contributed by atoms with Crippen molar-refractivity contribution in [1.82, 2.24) is 10.2 Å². The highest BCUT2D eigenvalue weighted by Crippen LogP contribution is 2.23. The molecule has 1 N–H and O–H groups in total. The number of morpholine rings is 1. The molecule has 0 radical (unpaired) electrons. The second-order valence-corrected chi connectivity index (χ2v) is 6.65. The fourth-order valence-corrected chi connectivity index (χ4v) is 3.42. The highest BCUT2D eigenvalue weighted by molar-refractivity contribution is 9.11. The number of nitrogens with one attached hydrogen (secondary N) is 1. The average Bonchev–Trinajstić information content (AvgIpc) is 2.65. The van der Waals surface area contributed by atoms with Crippen LogP contribution in [0.1, 0.15) is 4.88 Å². The highest BCUT2D eigenvalue weighted by atomic mass is 79.9. The number of rotatable bonds is 4. The van der Waals surface area contributed by atoms with E-state index in [0.717, 1.165) is 32.8 Å². The van der Waals surface area contributed by atoms with E-state index < -0.39 is 0 Å². The Kier molecular flexibility index (Phi) is 4.79. The summed E-state index contributed by atoms with van der Waals surface area (Å²) in [5.41, 5.74) is 0. The molecule has 1 aliphatic heterocycles. The lowest BCUT2D eigenvalue weighted by Crippen LogP contribution is -2.44. The molecule has 1 aliphatic rings.